The Bertz CT molecular complexity index is 2490. The maximum atomic E-state index is 12.9. The van der Waals surface area contributed by atoms with Crippen molar-refractivity contribution in [1.82, 2.24) is 0 Å². The van der Waals surface area contributed by atoms with E-state index >= 15 is 0 Å². The average Bonchev–Trinajstić information content (AvgIpc) is 1.49. The molecule has 5 unspecified atom stereocenters. The Morgan fingerprint density at radius 2 is 0.526 bits per heavy atom. The van der Waals surface area contributed by atoms with Gasteiger partial charge in [-0.15, -0.1) is 0 Å². The van der Waals surface area contributed by atoms with E-state index in [0.29, 0.717) is 25.7 Å². The molecule has 0 bridgehead atoms. The second-order valence-electron chi connectivity index (χ2n) is 23.2. The number of phosphoric acid groups is 2. The summed E-state index contributed by atoms with van der Waals surface area (Å²) in [7, 11) is -9.83. The largest absolute Gasteiger partial charge is 0.472 e. The van der Waals surface area contributed by atoms with Crippen LogP contribution in [0.25, 0.3) is 0 Å². The van der Waals surface area contributed by atoms with E-state index < -0.39 is 91.5 Å². The van der Waals surface area contributed by atoms with Crippen LogP contribution in [0.4, 0.5) is 0 Å². The van der Waals surface area contributed by atoms with Gasteiger partial charge < -0.3 is 34.2 Å². The first-order valence-electron chi connectivity index (χ1n) is 36.1. The zero-order valence-corrected chi connectivity index (χ0v) is 61.2. The summed E-state index contributed by atoms with van der Waals surface area (Å²) in [4.78, 5) is 58.5. The summed E-state index contributed by atoms with van der Waals surface area (Å²) in [6, 6.07) is 0. The topological polar surface area (TPSA) is 231 Å². The van der Waals surface area contributed by atoms with Gasteiger partial charge in [0.25, 0.3) is 0 Å². The van der Waals surface area contributed by atoms with Crippen LogP contribution in [0.1, 0.15) is 239 Å². The standard InChI is InChI=1S/C79H126O16P2/c1-4-7-10-13-16-19-22-25-28-31-32-33-34-35-36-37-38-39-40-43-45-47-50-53-56-59-62-65-77(82)89-68-74(80)69-91-96(85,86)92-70-75(81)71-93-97(87,88)94-73-76(95-79(84)67-64-61-58-55-52-49-46-42-30-27-24-21-18-15-12-9-6-3)72-90-78(83)66-63-60-57-54-51-48-44-41-29-26-23-20-17-14-11-8-5-2/h7-12,16-21,25-30,32-33,35-36,38-39,44,46,48-49,54,57,74-76,80-81H,4-6,13-15,22-24,31,34,37,40-43,45,47,50-53,55-56,58-73H2,1-3H3,(H,85,86)(H,87,88)/b10-7-,11-8-,12-9-,19-16-,20-17-,21-18-,28-25-,29-26-,30-27-,33-32-,36-35-,39-38-,48-44-,49-46-,57-54-. The van der Waals surface area contributed by atoms with Gasteiger partial charge in [-0.25, -0.2) is 9.13 Å². The number of hydrogen-bond acceptors (Lipinski definition) is 14. The van der Waals surface area contributed by atoms with Crippen LogP contribution >= 0.6 is 15.6 Å². The summed E-state index contributed by atoms with van der Waals surface area (Å²) in [5.74, 6) is -1.70. The summed E-state index contributed by atoms with van der Waals surface area (Å²) >= 11 is 0. The number of phosphoric ester groups is 2. The summed E-state index contributed by atoms with van der Waals surface area (Å²) in [5, 5.41) is 20.6. The lowest BCUT2D eigenvalue weighted by Crippen LogP contribution is -2.30. The number of unbranched alkanes of at least 4 members (excludes halogenated alkanes) is 13. The summed E-state index contributed by atoms with van der Waals surface area (Å²) in [6.07, 6.45) is 89.5. The third kappa shape index (κ3) is 71.7. The van der Waals surface area contributed by atoms with Crippen molar-refractivity contribution in [2.45, 2.75) is 257 Å². The molecule has 0 aliphatic heterocycles. The Hall–Kier alpha value is -5.35. The number of carbonyl (C=O) groups is 3. The minimum absolute atomic E-state index is 0.0569. The zero-order valence-electron chi connectivity index (χ0n) is 59.4. The van der Waals surface area contributed by atoms with Crippen molar-refractivity contribution in [3.05, 3.63) is 182 Å². The van der Waals surface area contributed by atoms with E-state index in [9.17, 15) is 43.5 Å². The van der Waals surface area contributed by atoms with Gasteiger partial charge in [-0.3, -0.25) is 32.5 Å². The van der Waals surface area contributed by atoms with Crippen molar-refractivity contribution in [2.75, 3.05) is 39.6 Å². The third-order valence-corrected chi connectivity index (χ3v) is 16.0. The molecule has 16 nitrogen and oxygen atoms in total. The quantitative estimate of drug-likeness (QED) is 0.0146. The van der Waals surface area contributed by atoms with Crippen LogP contribution in [-0.2, 0) is 55.8 Å². The lowest BCUT2D eigenvalue weighted by molar-refractivity contribution is -0.161. The van der Waals surface area contributed by atoms with Gasteiger partial charge >= 0.3 is 33.6 Å². The van der Waals surface area contributed by atoms with Crippen molar-refractivity contribution >= 4 is 33.6 Å². The van der Waals surface area contributed by atoms with Crippen LogP contribution in [0, 0.1) is 0 Å². The van der Waals surface area contributed by atoms with Crippen LogP contribution in [-0.4, -0.2) is 95.9 Å². The lowest BCUT2D eigenvalue weighted by atomic mass is 10.1. The molecular weight excluding hydrogens is 1270 g/mol. The van der Waals surface area contributed by atoms with Crippen molar-refractivity contribution < 1.29 is 75.8 Å². The predicted octanol–water partition coefficient (Wildman–Crippen LogP) is 20.6. The van der Waals surface area contributed by atoms with Crippen molar-refractivity contribution in [3.8, 4) is 0 Å². The third-order valence-electron chi connectivity index (χ3n) is 14.1. The maximum Gasteiger partial charge on any atom is 0.472 e. The first-order valence-corrected chi connectivity index (χ1v) is 39.1. The second-order valence-corrected chi connectivity index (χ2v) is 26.1. The fourth-order valence-corrected chi connectivity index (χ4v) is 10.3. The Kier molecular flexibility index (Phi) is 66.6. The number of hydrogen-bond donors (Lipinski definition) is 4. The van der Waals surface area contributed by atoms with E-state index in [1.54, 1.807) is 0 Å². The second kappa shape index (κ2) is 70.5. The minimum atomic E-state index is -4.96. The Labute approximate surface area is 585 Å². The summed E-state index contributed by atoms with van der Waals surface area (Å²) < 4.78 is 60.9. The molecule has 97 heavy (non-hydrogen) atoms. The molecule has 18 heteroatoms. The Morgan fingerprint density at radius 1 is 0.289 bits per heavy atom. The number of ether oxygens (including phenoxy) is 3. The number of aliphatic hydroxyl groups excluding tert-OH is 2. The molecule has 0 fully saturated rings. The predicted molar refractivity (Wildman–Crippen MR) is 398 cm³/mol. The monoisotopic (exact) mass is 1390 g/mol. The molecule has 0 aliphatic rings. The molecule has 0 aromatic carbocycles. The van der Waals surface area contributed by atoms with Crippen LogP contribution in [0.15, 0.2) is 182 Å². The van der Waals surface area contributed by atoms with E-state index in [2.05, 4.69) is 191 Å². The normalized spacial score (nSPS) is 15.2. The van der Waals surface area contributed by atoms with Crippen molar-refractivity contribution in [1.29, 1.82) is 0 Å². The van der Waals surface area contributed by atoms with E-state index in [1.807, 2.05) is 12.2 Å². The molecule has 0 amide bonds. The van der Waals surface area contributed by atoms with E-state index in [4.69, 9.17) is 32.3 Å². The molecular formula is C79H126O16P2. The molecule has 0 aliphatic carbocycles. The molecule has 0 aromatic heterocycles. The van der Waals surface area contributed by atoms with Gasteiger partial charge in [-0.1, -0.05) is 254 Å². The van der Waals surface area contributed by atoms with Gasteiger partial charge in [0.05, 0.1) is 26.4 Å². The lowest BCUT2D eigenvalue weighted by Gasteiger charge is -2.21. The molecule has 5 atom stereocenters. The van der Waals surface area contributed by atoms with Gasteiger partial charge in [-0.2, -0.15) is 0 Å². The molecule has 0 spiro atoms. The minimum Gasteiger partial charge on any atom is -0.463 e. The van der Waals surface area contributed by atoms with E-state index in [1.165, 1.54) is 19.3 Å². The molecule has 0 heterocycles. The van der Waals surface area contributed by atoms with Gasteiger partial charge in [0.15, 0.2) is 6.10 Å². The maximum absolute atomic E-state index is 12.9. The number of carbonyl (C=O) groups excluding carboxylic acids is 3. The molecule has 0 radical (unpaired) electrons. The highest BCUT2D eigenvalue weighted by Gasteiger charge is 2.29. The smallest absolute Gasteiger partial charge is 0.463 e. The molecule has 0 aromatic rings. The highest BCUT2D eigenvalue weighted by Crippen LogP contribution is 2.45. The van der Waals surface area contributed by atoms with Crippen molar-refractivity contribution in [2.24, 2.45) is 0 Å². The van der Waals surface area contributed by atoms with Crippen LogP contribution < -0.4 is 0 Å². The van der Waals surface area contributed by atoms with Gasteiger partial charge in [0.1, 0.15) is 25.4 Å². The van der Waals surface area contributed by atoms with Crippen LogP contribution in [0.5, 0.6) is 0 Å². The number of esters is 3. The number of rotatable bonds is 66. The molecule has 548 valence electrons. The average molecular weight is 1390 g/mol. The highest BCUT2D eigenvalue weighted by molar-refractivity contribution is 7.47. The van der Waals surface area contributed by atoms with E-state index in [-0.39, 0.29) is 19.3 Å². The number of allylic oxidation sites excluding steroid dienone is 30. The Balaban J connectivity index is 4.67. The van der Waals surface area contributed by atoms with Crippen LogP contribution in [0.2, 0.25) is 0 Å². The van der Waals surface area contributed by atoms with Gasteiger partial charge in [-0.05, 0) is 148 Å². The molecule has 0 saturated carbocycles. The van der Waals surface area contributed by atoms with E-state index in [0.717, 1.165) is 154 Å². The van der Waals surface area contributed by atoms with Gasteiger partial charge in [0.2, 0.25) is 0 Å². The first kappa shape index (κ1) is 91.6. The molecule has 0 saturated heterocycles. The van der Waals surface area contributed by atoms with Crippen LogP contribution in [0.3, 0.4) is 0 Å². The molecule has 0 rings (SSSR count). The fraction of sp³-hybridized carbons (Fsp3) is 0.582. The zero-order chi connectivity index (χ0) is 70.9. The molecule has 4 N–H and O–H groups in total. The number of aliphatic hydroxyl groups is 2. The fourth-order valence-electron chi connectivity index (χ4n) is 8.72. The van der Waals surface area contributed by atoms with Crippen molar-refractivity contribution in [3.63, 3.8) is 0 Å². The first-order chi connectivity index (χ1) is 47.2. The highest BCUT2D eigenvalue weighted by atomic mass is 31.2. The summed E-state index contributed by atoms with van der Waals surface area (Å²) in [6.45, 7) is 2.19. The Morgan fingerprint density at radius 3 is 0.856 bits per heavy atom. The summed E-state index contributed by atoms with van der Waals surface area (Å²) in [5.41, 5.74) is 0. The van der Waals surface area contributed by atoms with Gasteiger partial charge in [0, 0.05) is 19.3 Å². The SMILES string of the molecule is CC/C=C\C/C=C\C/C=C\C/C=C\C/C=C\C/C=C\CCCCCCCCCCC(=O)OCC(O)COP(=O)(O)OCC(O)COP(=O)(O)OCC(COC(=O)CCC/C=C\C/C=C\C/C=C\C/C=C\C/C=C\CC)OC(=O)CCCCCC/C=C\C/C=C\C/C=C\C/C=C\CC.